The van der Waals surface area contributed by atoms with Crippen molar-refractivity contribution in [1.82, 2.24) is 20.2 Å². The number of aryl methyl sites for hydroxylation is 1. The summed E-state index contributed by atoms with van der Waals surface area (Å²) in [4.78, 5) is 12.7. The van der Waals surface area contributed by atoms with Crippen LogP contribution in [-0.4, -0.2) is 33.3 Å². The number of aromatic nitrogens is 4. The lowest BCUT2D eigenvalue weighted by Crippen LogP contribution is -2.35. The van der Waals surface area contributed by atoms with E-state index in [0.717, 1.165) is 30.2 Å². The van der Waals surface area contributed by atoms with Gasteiger partial charge in [-0.1, -0.05) is 29.8 Å². The topological polar surface area (TPSA) is 57.7 Å². The average Bonchev–Trinajstić information content (AvgIpc) is 3.39. The summed E-state index contributed by atoms with van der Waals surface area (Å²) >= 11 is 1.70. The Morgan fingerprint density at radius 2 is 2.04 bits per heavy atom. The molecule has 5 rings (SSSR count). The normalized spacial score (nSPS) is 17.5. The first-order valence-electron chi connectivity index (χ1n) is 9.33. The minimum atomic E-state index is 0.465. The average molecular weight is 376 g/mol. The zero-order chi connectivity index (χ0) is 18.2. The smallest absolute Gasteiger partial charge is 0.141 e. The molecule has 4 heterocycles. The molecule has 0 radical (unpaired) electrons. The summed E-state index contributed by atoms with van der Waals surface area (Å²) in [6.07, 6.45) is 5.87. The number of rotatable bonds is 3. The van der Waals surface area contributed by atoms with Gasteiger partial charge in [-0.3, -0.25) is 5.10 Å². The summed E-state index contributed by atoms with van der Waals surface area (Å²) in [5.41, 5.74) is 4.95. The lowest BCUT2D eigenvalue weighted by atomic mass is 9.94. The van der Waals surface area contributed by atoms with Crippen molar-refractivity contribution in [2.24, 2.45) is 0 Å². The van der Waals surface area contributed by atoms with Crippen LogP contribution in [0, 0.1) is 6.92 Å². The van der Waals surface area contributed by atoms with Crippen molar-refractivity contribution in [3.63, 3.8) is 0 Å². The van der Waals surface area contributed by atoms with E-state index in [-0.39, 0.29) is 0 Å². The lowest BCUT2D eigenvalue weighted by molar-refractivity contribution is 0.499. The Bertz CT molecular complexity index is 1050. The van der Waals surface area contributed by atoms with Gasteiger partial charge in [0, 0.05) is 41.8 Å². The maximum absolute atomic E-state index is 4.72. The van der Waals surface area contributed by atoms with E-state index in [4.69, 9.17) is 4.98 Å². The number of H-pyrrole nitrogens is 1. The van der Waals surface area contributed by atoms with Crippen LogP contribution in [0.1, 0.15) is 30.0 Å². The summed E-state index contributed by atoms with van der Waals surface area (Å²) in [6.45, 7) is 4.10. The van der Waals surface area contributed by atoms with Crippen molar-refractivity contribution >= 4 is 27.4 Å². The van der Waals surface area contributed by atoms with Crippen LogP contribution in [0.5, 0.6) is 0 Å². The van der Waals surface area contributed by atoms with Crippen molar-refractivity contribution in [3.8, 4) is 11.1 Å². The highest BCUT2D eigenvalue weighted by Gasteiger charge is 2.25. The first-order valence-corrected chi connectivity index (χ1v) is 10.2. The molecule has 4 aromatic rings. The molecular weight excluding hydrogens is 354 g/mol. The second-order valence-electron chi connectivity index (χ2n) is 7.19. The molecule has 1 N–H and O–H groups in total. The highest BCUT2D eigenvalue weighted by atomic mass is 32.1. The fourth-order valence-corrected chi connectivity index (χ4v) is 4.87. The van der Waals surface area contributed by atoms with E-state index in [1.807, 2.05) is 6.20 Å². The molecule has 1 aromatic carbocycles. The van der Waals surface area contributed by atoms with Crippen LogP contribution in [0.4, 0.5) is 5.82 Å². The molecule has 1 saturated heterocycles. The van der Waals surface area contributed by atoms with Crippen molar-refractivity contribution in [1.29, 1.82) is 0 Å². The maximum atomic E-state index is 4.72. The van der Waals surface area contributed by atoms with Crippen LogP contribution in [0.25, 0.3) is 21.3 Å². The number of thiophene rings is 1. The number of piperidine rings is 1. The van der Waals surface area contributed by atoms with E-state index in [9.17, 15) is 0 Å². The van der Waals surface area contributed by atoms with Gasteiger partial charge in [0.15, 0.2) is 0 Å². The molecule has 3 aromatic heterocycles. The number of nitrogens with one attached hydrogen (secondary N) is 1. The fourth-order valence-electron chi connectivity index (χ4n) is 3.96. The van der Waals surface area contributed by atoms with Crippen molar-refractivity contribution in [2.45, 2.75) is 25.7 Å². The van der Waals surface area contributed by atoms with Gasteiger partial charge in [-0.05, 0) is 31.4 Å². The fraction of sp³-hybridized carbons (Fsp3) is 0.286. The quantitative estimate of drug-likeness (QED) is 0.560. The van der Waals surface area contributed by atoms with Gasteiger partial charge >= 0.3 is 0 Å². The molecule has 1 fully saturated rings. The lowest BCUT2D eigenvalue weighted by Gasteiger charge is -2.33. The molecule has 1 aliphatic rings. The molecule has 1 unspecified atom stereocenters. The molecule has 6 heteroatoms. The minimum Gasteiger partial charge on any atom is -0.355 e. The Balaban J connectivity index is 1.57. The summed E-state index contributed by atoms with van der Waals surface area (Å²) < 4.78 is 0. The molecule has 0 bridgehead atoms. The number of benzene rings is 1. The standard InChI is InChI=1S/C21H21N5S/c1-14-4-6-15(7-5-14)17-12-27-21-19(17)20(22-13-23-21)26-10-2-3-16(11-26)18-8-9-24-25-18/h4-9,12-13,16H,2-3,10-11H2,1H3,(H,24,25). The summed E-state index contributed by atoms with van der Waals surface area (Å²) in [7, 11) is 0. The van der Waals surface area contributed by atoms with Gasteiger partial charge in [0.25, 0.3) is 0 Å². The van der Waals surface area contributed by atoms with Gasteiger partial charge in [0.05, 0.1) is 5.39 Å². The molecule has 1 aliphatic heterocycles. The third-order valence-electron chi connectivity index (χ3n) is 5.40. The molecule has 5 nitrogen and oxygen atoms in total. The molecular formula is C21H21N5S. The first kappa shape index (κ1) is 16.4. The van der Waals surface area contributed by atoms with Gasteiger partial charge in [0.1, 0.15) is 17.0 Å². The number of hydrogen-bond acceptors (Lipinski definition) is 5. The summed E-state index contributed by atoms with van der Waals surface area (Å²) in [5, 5.41) is 10.7. The summed E-state index contributed by atoms with van der Waals surface area (Å²) in [6, 6.07) is 10.8. The van der Waals surface area contributed by atoms with E-state index < -0.39 is 0 Å². The Kier molecular flexibility index (Phi) is 4.13. The zero-order valence-electron chi connectivity index (χ0n) is 15.2. The van der Waals surface area contributed by atoms with Crippen molar-refractivity contribution in [3.05, 3.63) is 59.5 Å². The number of hydrogen-bond donors (Lipinski definition) is 1. The molecule has 27 heavy (non-hydrogen) atoms. The molecule has 1 atom stereocenters. The Labute approximate surface area is 162 Å². The molecule has 0 amide bonds. The molecule has 136 valence electrons. The molecule has 0 aliphatic carbocycles. The third-order valence-corrected chi connectivity index (χ3v) is 6.28. The van der Waals surface area contributed by atoms with E-state index in [1.165, 1.54) is 34.2 Å². The summed E-state index contributed by atoms with van der Waals surface area (Å²) in [5.74, 6) is 1.52. The van der Waals surface area contributed by atoms with Gasteiger partial charge in [0.2, 0.25) is 0 Å². The van der Waals surface area contributed by atoms with Crippen LogP contribution >= 0.6 is 11.3 Å². The number of nitrogens with zero attached hydrogens (tertiary/aromatic N) is 4. The van der Waals surface area contributed by atoms with Gasteiger partial charge in [-0.2, -0.15) is 5.10 Å². The van der Waals surface area contributed by atoms with Crippen LogP contribution in [0.3, 0.4) is 0 Å². The number of anilines is 1. The second-order valence-corrected chi connectivity index (χ2v) is 8.05. The highest BCUT2D eigenvalue weighted by molar-refractivity contribution is 7.17. The zero-order valence-corrected chi connectivity index (χ0v) is 16.0. The monoisotopic (exact) mass is 375 g/mol. The van der Waals surface area contributed by atoms with Crippen molar-refractivity contribution < 1.29 is 0 Å². The maximum Gasteiger partial charge on any atom is 0.141 e. The highest BCUT2D eigenvalue weighted by Crippen LogP contribution is 2.39. The SMILES string of the molecule is Cc1ccc(-c2csc3ncnc(N4CCCC(c5ccn[nH]5)C4)c23)cc1. The van der Waals surface area contributed by atoms with Crippen molar-refractivity contribution in [2.75, 3.05) is 18.0 Å². The largest absolute Gasteiger partial charge is 0.355 e. The van der Waals surface area contributed by atoms with Crippen LogP contribution in [0.15, 0.2) is 48.2 Å². The van der Waals surface area contributed by atoms with Crippen LogP contribution in [-0.2, 0) is 0 Å². The first-order chi connectivity index (χ1) is 13.3. The second kappa shape index (κ2) is 6.78. The Morgan fingerprint density at radius 3 is 2.85 bits per heavy atom. The van der Waals surface area contributed by atoms with E-state index in [2.05, 4.69) is 62.7 Å². The van der Waals surface area contributed by atoms with E-state index >= 15 is 0 Å². The predicted octanol–water partition coefficient (Wildman–Crippen LogP) is 4.77. The number of aromatic amines is 1. The minimum absolute atomic E-state index is 0.465. The van der Waals surface area contributed by atoms with Crippen LogP contribution < -0.4 is 4.90 Å². The van der Waals surface area contributed by atoms with E-state index in [0.29, 0.717) is 5.92 Å². The van der Waals surface area contributed by atoms with Gasteiger partial charge in [-0.25, -0.2) is 9.97 Å². The third kappa shape index (κ3) is 3.00. The van der Waals surface area contributed by atoms with Crippen LogP contribution in [0.2, 0.25) is 0 Å². The van der Waals surface area contributed by atoms with E-state index in [1.54, 1.807) is 17.7 Å². The predicted molar refractivity (Wildman–Crippen MR) is 110 cm³/mol. The Hall–Kier alpha value is -2.73. The molecule has 0 saturated carbocycles. The van der Waals surface area contributed by atoms with Gasteiger partial charge < -0.3 is 4.90 Å². The van der Waals surface area contributed by atoms with Gasteiger partial charge in [-0.15, -0.1) is 11.3 Å². The number of fused-ring (bicyclic) bond motifs is 1. The molecule has 0 spiro atoms. The Morgan fingerprint density at radius 1 is 1.15 bits per heavy atom.